The summed E-state index contributed by atoms with van der Waals surface area (Å²) < 4.78 is 15.2. The molecule has 0 aliphatic carbocycles. The van der Waals surface area contributed by atoms with Crippen LogP contribution in [0.25, 0.3) is 12.2 Å². The van der Waals surface area contributed by atoms with E-state index in [0.717, 1.165) is 62.6 Å². The lowest BCUT2D eigenvalue weighted by atomic mass is 10.0. The molecule has 2 aromatic carbocycles. The Labute approximate surface area is 270 Å². The van der Waals surface area contributed by atoms with E-state index in [1.165, 1.54) is 30.2 Å². The number of carbonyl (C=O) groups excluding carboxylic acids is 5. The normalized spacial score (nSPS) is 15.0. The Morgan fingerprint density at radius 1 is 0.717 bits per heavy atom. The Bertz CT molecular complexity index is 1600. The number of nitrogens with zero attached hydrogens (tertiary/aromatic N) is 2. The summed E-state index contributed by atoms with van der Waals surface area (Å²) in [5, 5.41) is 0. The fourth-order valence-corrected chi connectivity index (χ4v) is 5.04. The number of carbonyl (C=O) groups is 5. The molecule has 4 amide bonds. The maximum atomic E-state index is 12.4. The Morgan fingerprint density at radius 2 is 1.24 bits per heavy atom. The number of rotatable bonds is 7. The third-order valence-electron chi connectivity index (χ3n) is 8.00. The van der Waals surface area contributed by atoms with Crippen LogP contribution < -0.4 is 9.47 Å². The molecule has 1 saturated heterocycles. The lowest BCUT2D eigenvalue weighted by molar-refractivity contribution is -0.145. The van der Waals surface area contributed by atoms with Crippen molar-refractivity contribution >= 4 is 41.8 Å². The largest absolute Gasteiger partial charge is 0.496 e. The standard InChI is InChI=1S/C19H21NO5.C17H21NO3/c1-12-10-14(11-16(24-3)13(12)2)7-8-17(21)20-9-5-6-15(18(20)22)19(23)25-4;1-12-10-14(11-15(21-3)13(12)2)7-8-17(20)18-9-5-4-6-16(18)19/h6-8,10-11H,5,9H2,1-4H3;7-8,10-11H,4-6,9H2,1-3H3/b2*8-7+. The highest BCUT2D eigenvalue weighted by Crippen LogP contribution is 2.25. The van der Waals surface area contributed by atoms with E-state index in [-0.39, 0.29) is 23.9 Å². The lowest BCUT2D eigenvalue weighted by Gasteiger charge is -2.23. The van der Waals surface area contributed by atoms with Crippen LogP contribution in [-0.2, 0) is 28.7 Å². The van der Waals surface area contributed by atoms with Gasteiger partial charge in [-0.15, -0.1) is 0 Å². The third-order valence-corrected chi connectivity index (χ3v) is 8.00. The fraction of sp³-hybridized carbons (Fsp3) is 0.361. The average Bonchev–Trinajstić information content (AvgIpc) is 3.05. The van der Waals surface area contributed by atoms with Crippen LogP contribution in [0.4, 0.5) is 0 Å². The number of hydrogen-bond donors (Lipinski definition) is 0. The van der Waals surface area contributed by atoms with Crippen molar-refractivity contribution in [2.45, 2.75) is 53.4 Å². The van der Waals surface area contributed by atoms with Gasteiger partial charge in [0.05, 0.1) is 21.3 Å². The summed E-state index contributed by atoms with van der Waals surface area (Å²) >= 11 is 0. The third kappa shape index (κ3) is 8.80. The fourth-order valence-electron chi connectivity index (χ4n) is 5.04. The molecule has 0 N–H and O–H groups in total. The highest BCUT2D eigenvalue weighted by Gasteiger charge is 2.30. The van der Waals surface area contributed by atoms with E-state index >= 15 is 0 Å². The first-order chi connectivity index (χ1) is 21.9. The molecule has 0 atom stereocenters. The molecule has 4 rings (SSSR count). The monoisotopic (exact) mass is 630 g/mol. The van der Waals surface area contributed by atoms with Crippen LogP contribution in [0.2, 0.25) is 0 Å². The minimum Gasteiger partial charge on any atom is -0.496 e. The van der Waals surface area contributed by atoms with Crippen molar-refractivity contribution in [1.29, 1.82) is 0 Å². The Balaban J connectivity index is 0.000000254. The molecule has 0 spiro atoms. The second-order valence-electron chi connectivity index (χ2n) is 11.0. The van der Waals surface area contributed by atoms with Gasteiger partial charge in [-0.2, -0.15) is 0 Å². The molecule has 1 fully saturated rings. The van der Waals surface area contributed by atoms with Crippen molar-refractivity contribution in [2.75, 3.05) is 34.4 Å². The van der Waals surface area contributed by atoms with Gasteiger partial charge in [-0.3, -0.25) is 29.0 Å². The Morgan fingerprint density at radius 3 is 1.72 bits per heavy atom. The van der Waals surface area contributed by atoms with Crippen LogP contribution in [0.15, 0.2) is 48.1 Å². The van der Waals surface area contributed by atoms with E-state index in [0.29, 0.717) is 19.4 Å². The van der Waals surface area contributed by atoms with Gasteiger partial charge in [-0.05, 0) is 105 Å². The predicted octanol–water partition coefficient (Wildman–Crippen LogP) is 5.05. The van der Waals surface area contributed by atoms with Gasteiger partial charge < -0.3 is 14.2 Å². The summed E-state index contributed by atoms with van der Waals surface area (Å²) in [4.78, 5) is 62.3. The van der Waals surface area contributed by atoms with Crippen LogP contribution in [0.1, 0.15) is 59.1 Å². The lowest BCUT2D eigenvalue weighted by Crippen LogP contribution is -2.41. The average molecular weight is 631 g/mol. The number of ether oxygens (including phenoxy) is 3. The summed E-state index contributed by atoms with van der Waals surface area (Å²) in [6, 6.07) is 7.65. The van der Waals surface area contributed by atoms with Crippen molar-refractivity contribution in [2.24, 2.45) is 0 Å². The summed E-state index contributed by atoms with van der Waals surface area (Å²) in [6.07, 6.45) is 10.3. The molecular formula is C36H42N2O8. The summed E-state index contributed by atoms with van der Waals surface area (Å²) in [5.41, 5.74) is 5.85. The molecule has 244 valence electrons. The zero-order valence-corrected chi connectivity index (χ0v) is 27.6. The van der Waals surface area contributed by atoms with Crippen molar-refractivity contribution in [3.8, 4) is 11.5 Å². The van der Waals surface area contributed by atoms with E-state index in [9.17, 15) is 24.0 Å². The van der Waals surface area contributed by atoms with Crippen LogP contribution in [-0.4, -0.2) is 73.8 Å². The topological polar surface area (TPSA) is 120 Å². The highest BCUT2D eigenvalue weighted by molar-refractivity contribution is 6.21. The van der Waals surface area contributed by atoms with Gasteiger partial charge in [0.1, 0.15) is 17.1 Å². The molecular weight excluding hydrogens is 588 g/mol. The molecule has 0 unspecified atom stereocenters. The number of benzene rings is 2. The van der Waals surface area contributed by atoms with E-state index in [1.807, 2.05) is 52.0 Å². The van der Waals surface area contributed by atoms with Gasteiger partial charge in [0, 0.05) is 31.7 Å². The number of likely N-dealkylation sites (tertiary alicyclic amines) is 1. The van der Waals surface area contributed by atoms with Gasteiger partial charge >= 0.3 is 5.97 Å². The Hall–Kier alpha value is -4.99. The number of piperidine rings is 1. The quantitative estimate of drug-likeness (QED) is 0.237. The second kappa shape index (κ2) is 16.4. The molecule has 0 aromatic heterocycles. The number of hydrogen-bond acceptors (Lipinski definition) is 8. The minimum absolute atomic E-state index is 0.0754. The van der Waals surface area contributed by atoms with Crippen LogP contribution in [0.3, 0.4) is 0 Å². The van der Waals surface area contributed by atoms with Crippen molar-refractivity contribution in [3.63, 3.8) is 0 Å². The van der Waals surface area contributed by atoms with Crippen LogP contribution in [0.5, 0.6) is 11.5 Å². The van der Waals surface area contributed by atoms with Gasteiger partial charge in [-0.1, -0.05) is 18.2 Å². The predicted molar refractivity (Wildman–Crippen MR) is 175 cm³/mol. The van der Waals surface area contributed by atoms with Crippen molar-refractivity contribution in [3.05, 3.63) is 81.4 Å². The molecule has 2 aliphatic heterocycles. The van der Waals surface area contributed by atoms with Crippen LogP contribution >= 0.6 is 0 Å². The van der Waals surface area contributed by atoms with Gasteiger partial charge in [0.2, 0.25) is 5.91 Å². The first-order valence-corrected chi connectivity index (χ1v) is 15.1. The summed E-state index contributed by atoms with van der Waals surface area (Å²) in [6.45, 7) is 8.68. The molecule has 2 heterocycles. The molecule has 0 bridgehead atoms. The van der Waals surface area contributed by atoms with E-state index in [2.05, 4.69) is 4.74 Å². The van der Waals surface area contributed by atoms with E-state index < -0.39 is 17.8 Å². The number of esters is 1. The minimum atomic E-state index is -0.731. The number of aryl methyl sites for hydroxylation is 2. The maximum absolute atomic E-state index is 12.4. The maximum Gasteiger partial charge on any atom is 0.343 e. The van der Waals surface area contributed by atoms with Gasteiger partial charge in [0.25, 0.3) is 17.7 Å². The smallest absolute Gasteiger partial charge is 0.343 e. The number of methoxy groups -OCH3 is 3. The second-order valence-corrected chi connectivity index (χ2v) is 11.0. The molecule has 46 heavy (non-hydrogen) atoms. The molecule has 2 aliphatic rings. The van der Waals surface area contributed by atoms with Crippen molar-refractivity contribution < 1.29 is 38.2 Å². The Kier molecular flexibility index (Phi) is 12.6. The molecule has 2 aromatic rings. The number of imide groups is 2. The van der Waals surface area contributed by atoms with Gasteiger partial charge in [-0.25, -0.2) is 4.79 Å². The summed E-state index contributed by atoms with van der Waals surface area (Å²) in [5.74, 6) is -0.619. The van der Waals surface area contributed by atoms with Crippen LogP contribution in [0, 0.1) is 27.7 Å². The first kappa shape index (κ1) is 35.5. The summed E-state index contributed by atoms with van der Waals surface area (Å²) in [7, 11) is 4.42. The zero-order chi connectivity index (χ0) is 34.0. The molecule has 0 radical (unpaired) electrons. The molecule has 10 heteroatoms. The highest BCUT2D eigenvalue weighted by atomic mass is 16.5. The molecule has 0 saturated carbocycles. The van der Waals surface area contributed by atoms with Crippen molar-refractivity contribution in [1.82, 2.24) is 9.80 Å². The first-order valence-electron chi connectivity index (χ1n) is 15.1. The number of amides is 4. The SMILES string of the molecule is COC(=O)C1=CCCN(C(=O)/C=C/c2cc(C)c(C)c(OC)c2)C1=O.COc1cc(/C=C/C(=O)N2CCCCC2=O)cc(C)c1C. The van der Waals surface area contributed by atoms with E-state index in [4.69, 9.17) is 9.47 Å². The molecule has 10 nitrogen and oxygen atoms in total. The zero-order valence-electron chi connectivity index (χ0n) is 27.6. The van der Waals surface area contributed by atoms with Gasteiger partial charge in [0.15, 0.2) is 0 Å². The van der Waals surface area contributed by atoms with E-state index in [1.54, 1.807) is 26.4 Å².